The van der Waals surface area contributed by atoms with Gasteiger partial charge in [-0.05, 0) is 23.3 Å². The second kappa shape index (κ2) is 9.05. The van der Waals surface area contributed by atoms with E-state index in [-0.39, 0.29) is 11.3 Å². The number of amides is 1. The van der Waals surface area contributed by atoms with Gasteiger partial charge in [-0.3, -0.25) is 4.79 Å². The number of nitrogens with zero attached hydrogens (tertiary/aromatic N) is 2. The summed E-state index contributed by atoms with van der Waals surface area (Å²) in [6, 6.07) is 15.9. The molecule has 7 heteroatoms. The molecular weight excluding hydrogens is 386 g/mol. The molecule has 1 aromatic heterocycles. The Morgan fingerprint density at radius 2 is 2.07 bits per heavy atom. The molecule has 3 aromatic rings. The molecule has 6 nitrogen and oxygen atoms in total. The van der Waals surface area contributed by atoms with Gasteiger partial charge >= 0.3 is 0 Å². The number of benzene rings is 2. The molecule has 2 heterocycles. The molecular formula is C22H23N3O3S. The first kappa shape index (κ1) is 19.4. The standard InChI is InChI=1S/C22H23N3O3S/c1-27-20-11-17(7-8-19(20)28-13-16-5-3-2-4-6-16)22-25(21(26)14-29-22)10-9-18-12-23-15-24-18/h2-8,11-12,15,22H,9-10,13-14H2,1H3,(H,23,24). The van der Waals surface area contributed by atoms with Gasteiger partial charge in [0, 0.05) is 24.9 Å². The van der Waals surface area contributed by atoms with Crippen LogP contribution in [0.15, 0.2) is 61.1 Å². The Morgan fingerprint density at radius 3 is 2.83 bits per heavy atom. The van der Waals surface area contributed by atoms with Gasteiger partial charge in [0.1, 0.15) is 12.0 Å². The lowest BCUT2D eigenvalue weighted by molar-refractivity contribution is -0.128. The van der Waals surface area contributed by atoms with Crippen molar-refractivity contribution in [3.63, 3.8) is 0 Å². The van der Waals surface area contributed by atoms with Crippen LogP contribution in [0.1, 0.15) is 22.2 Å². The maximum absolute atomic E-state index is 12.4. The van der Waals surface area contributed by atoms with E-state index in [1.54, 1.807) is 31.4 Å². The topological polar surface area (TPSA) is 67.5 Å². The lowest BCUT2D eigenvalue weighted by atomic mass is 10.1. The van der Waals surface area contributed by atoms with E-state index in [9.17, 15) is 4.79 Å². The highest BCUT2D eigenvalue weighted by molar-refractivity contribution is 8.00. The number of hydrogen-bond donors (Lipinski definition) is 1. The second-order valence-corrected chi connectivity index (χ2v) is 7.83. The van der Waals surface area contributed by atoms with Gasteiger partial charge in [-0.1, -0.05) is 36.4 Å². The molecule has 1 fully saturated rings. The smallest absolute Gasteiger partial charge is 0.233 e. The lowest BCUT2D eigenvalue weighted by Crippen LogP contribution is -2.30. The first-order valence-electron chi connectivity index (χ1n) is 9.47. The minimum absolute atomic E-state index is 0.0255. The quantitative estimate of drug-likeness (QED) is 0.613. The van der Waals surface area contributed by atoms with Crippen molar-refractivity contribution in [1.29, 1.82) is 0 Å². The normalized spacial score (nSPS) is 16.2. The van der Waals surface area contributed by atoms with E-state index >= 15 is 0 Å². The fraction of sp³-hybridized carbons (Fsp3) is 0.273. The van der Waals surface area contributed by atoms with Crippen molar-refractivity contribution in [3.05, 3.63) is 77.9 Å². The summed E-state index contributed by atoms with van der Waals surface area (Å²) in [6.07, 6.45) is 4.20. The highest BCUT2D eigenvalue weighted by Gasteiger charge is 2.33. The second-order valence-electron chi connectivity index (χ2n) is 6.76. The molecule has 1 aliphatic rings. The zero-order chi connectivity index (χ0) is 20.1. The van der Waals surface area contributed by atoms with Crippen LogP contribution in [0.5, 0.6) is 11.5 Å². The summed E-state index contributed by atoms with van der Waals surface area (Å²) >= 11 is 1.64. The molecule has 29 heavy (non-hydrogen) atoms. The van der Waals surface area contributed by atoms with E-state index in [1.807, 2.05) is 53.4 Å². The Balaban J connectivity index is 1.47. The van der Waals surface area contributed by atoms with E-state index < -0.39 is 0 Å². The number of imidazole rings is 1. The van der Waals surface area contributed by atoms with Crippen LogP contribution in [0, 0.1) is 0 Å². The third kappa shape index (κ3) is 4.56. The number of methoxy groups -OCH3 is 1. The average molecular weight is 410 g/mol. The minimum Gasteiger partial charge on any atom is -0.493 e. The molecule has 1 unspecified atom stereocenters. The molecule has 1 atom stereocenters. The molecule has 0 saturated carbocycles. The third-order valence-corrected chi connectivity index (χ3v) is 6.11. The van der Waals surface area contributed by atoms with Gasteiger partial charge in [0.2, 0.25) is 5.91 Å². The predicted octanol–water partition coefficient (Wildman–Crippen LogP) is 3.81. The number of aromatic nitrogens is 2. The molecule has 1 saturated heterocycles. The summed E-state index contributed by atoms with van der Waals surface area (Å²) < 4.78 is 11.5. The van der Waals surface area contributed by atoms with Crippen molar-refractivity contribution in [3.8, 4) is 11.5 Å². The van der Waals surface area contributed by atoms with Crippen LogP contribution in [0.25, 0.3) is 0 Å². The monoisotopic (exact) mass is 409 g/mol. The number of rotatable bonds is 8. The van der Waals surface area contributed by atoms with E-state index in [4.69, 9.17) is 9.47 Å². The number of H-pyrrole nitrogens is 1. The molecule has 4 rings (SSSR count). The summed E-state index contributed by atoms with van der Waals surface area (Å²) in [7, 11) is 1.64. The maximum atomic E-state index is 12.4. The summed E-state index contributed by atoms with van der Waals surface area (Å²) in [5.74, 6) is 2.01. The van der Waals surface area contributed by atoms with Gasteiger partial charge in [0.15, 0.2) is 11.5 Å². The molecule has 0 bridgehead atoms. The summed E-state index contributed by atoms with van der Waals surface area (Å²) in [4.78, 5) is 21.5. The van der Waals surface area contributed by atoms with Gasteiger partial charge in [0.05, 0.1) is 19.2 Å². The summed E-state index contributed by atoms with van der Waals surface area (Å²) in [5.41, 5.74) is 3.16. The number of nitrogens with one attached hydrogen (secondary N) is 1. The summed E-state index contributed by atoms with van der Waals surface area (Å²) in [6.45, 7) is 1.12. The molecule has 1 amide bonds. The van der Waals surface area contributed by atoms with E-state index in [2.05, 4.69) is 9.97 Å². The van der Waals surface area contributed by atoms with Gasteiger partial charge in [-0.15, -0.1) is 11.8 Å². The van der Waals surface area contributed by atoms with Crippen LogP contribution < -0.4 is 9.47 Å². The van der Waals surface area contributed by atoms with Crippen molar-refractivity contribution < 1.29 is 14.3 Å². The first-order valence-corrected chi connectivity index (χ1v) is 10.5. The number of thioether (sulfide) groups is 1. The Hall–Kier alpha value is -2.93. The van der Waals surface area contributed by atoms with Gasteiger partial charge < -0.3 is 19.4 Å². The fourth-order valence-electron chi connectivity index (χ4n) is 3.33. The highest BCUT2D eigenvalue weighted by atomic mass is 32.2. The van der Waals surface area contributed by atoms with Crippen LogP contribution in [0.4, 0.5) is 0 Å². The number of carbonyl (C=O) groups excluding carboxylic acids is 1. The molecule has 0 aliphatic carbocycles. The Labute approximate surface area is 174 Å². The van der Waals surface area contributed by atoms with E-state index in [0.717, 1.165) is 23.2 Å². The zero-order valence-corrected chi connectivity index (χ0v) is 17.0. The Bertz CT molecular complexity index is 947. The molecule has 2 aromatic carbocycles. The number of aromatic amines is 1. The maximum Gasteiger partial charge on any atom is 0.233 e. The molecule has 0 radical (unpaired) electrons. The molecule has 1 aliphatic heterocycles. The van der Waals surface area contributed by atoms with Gasteiger partial charge in [-0.2, -0.15) is 0 Å². The Kier molecular flexibility index (Phi) is 6.05. The Morgan fingerprint density at radius 1 is 1.21 bits per heavy atom. The van der Waals surface area contributed by atoms with Crippen molar-refractivity contribution in [2.75, 3.05) is 19.4 Å². The van der Waals surface area contributed by atoms with Crippen LogP contribution in [0.3, 0.4) is 0 Å². The number of carbonyl (C=O) groups is 1. The molecule has 150 valence electrons. The SMILES string of the molecule is COc1cc(C2SCC(=O)N2CCc2cnc[nH]2)ccc1OCc1ccccc1. The van der Waals surface area contributed by atoms with E-state index in [1.165, 1.54) is 0 Å². The van der Waals surface area contributed by atoms with Crippen LogP contribution >= 0.6 is 11.8 Å². The number of hydrogen-bond acceptors (Lipinski definition) is 5. The van der Waals surface area contributed by atoms with Crippen molar-refractivity contribution >= 4 is 17.7 Å². The zero-order valence-electron chi connectivity index (χ0n) is 16.2. The van der Waals surface area contributed by atoms with Crippen molar-refractivity contribution in [1.82, 2.24) is 14.9 Å². The highest BCUT2D eigenvalue weighted by Crippen LogP contribution is 2.41. The van der Waals surface area contributed by atoms with Gasteiger partial charge in [-0.25, -0.2) is 4.98 Å². The average Bonchev–Trinajstić information content (AvgIpc) is 3.41. The van der Waals surface area contributed by atoms with Crippen molar-refractivity contribution in [2.45, 2.75) is 18.4 Å². The summed E-state index contributed by atoms with van der Waals surface area (Å²) in [5, 5.41) is -0.0255. The largest absolute Gasteiger partial charge is 0.493 e. The minimum atomic E-state index is -0.0255. The van der Waals surface area contributed by atoms with Crippen molar-refractivity contribution in [2.24, 2.45) is 0 Å². The third-order valence-electron chi connectivity index (χ3n) is 4.85. The van der Waals surface area contributed by atoms with E-state index in [0.29, 0.717) is 30.4 Å². The van der Waals surface area contributed by atoms with Crippen LogP contribution in [-0.2, 0) is 17.8 Å². The number of ether oxygens (including phenoxy) is 2. The van der Waals surface area contributed by atoms with Crippen LogP contribution in [0.2, 0.25) is 0 Å². The molecule has 0 spiro atoms. The lowest BCUT2D eigenvalue weighted by Gasteiger charge is -2.24. The fourth-order valence-corrected chi connectivity index (χ4v) is 4.53. The van der Waals surface area contributed by atoms with Crippen LogP contribution in [-0.4, -0.2) is 40.2 Å². The first-order chi connectivity index (χ1) is 14.2. The van der Waals surface area contributed by atoms with Gasteiger partial charge in [0.25, 0.3) is 0 Å². The molecule has 1 N–H and O–H groups in total. The predicted molar refractivity (Wildman–Crippen MR) is 113 cm³/mol.